The van der Waals surface area contributed by atoms with E-state index in [-0.39, 0.29) is 5.91 Å². The molecule has 0 unspecified atom stereocenters. The van der Waals surface area contributed by atoms with Crippen LogP contribution in [-0.2, 0) is 4.79 Å². The van der Waals surface area contributed by atoms with Crippen molar-refractivity contribution in [2.75, 3.05) is 5.75 Å². The molecule has 1 fully saturated rings. The van der Waals surface area contributed by atoms with Crippen LogP contribution < -0.4 is 5.32 Å². The first-order valence-corrected chi connectivity index (χ1v) is 10.9. The van der Waals surface area contributed by atoms with Crippen LogP contribution in [-0.4, -0.2) is 27.9 Å². The van der Waals surface area contributed by atoms with Gasteiger partial charge in [-0.1, -0.05) is 86.1 Å². The van der Waals surface area contributed by atoms with Crippen molar-refractivity contribution in [3.8, 4) is 11.3 Å². The Labute approximate surface area is 170 Å². The Bertz CT molecular complexity index is 960. The Morgan fingerprint density at radius 1 is 1.00 bits per heavy atom. The second-order valence-electron chi connectivity index (χ2n) is 7.49. The Kier molecular flexibility index (Phi) is 5.91. The highest BCUT2D eigenvalue weighted by Gasteiger charge is 2.23. The highest BCUT2D eigenvalue weighted by molar-refractivity contribution is 8.00. The molecule has 144 valence electrons. The van der Waals surface area contributed by atoms with E-state index in [0.29, 0.717) is 17.7 Å². The number of nitrogens with zero attached hydrogens (tertiary/aromatic N) is 2. The van der Waals surface area contributed by atoms with Crippen LogP contribution in [0.3, 0.4) is 0 Å². The third-order valence-corrected chi connectivity index (χ3v) is 6.48. The van der Waals surface area contributed by atoms with Gasteiger partial charge in [-0.2, -0.15) is 0 Å². The van der Waals surface area contributed by atoms with Crippen molar-refractivity contribution in [1.82, 2.24) is 15.5 Å². The minimum atomic E-state index is 0.0850. The smallest absolute Gasteiger partial charge is 0.230 e. The maximum Gasteiger partial charge on any atom is 0.230 e. The van der Waals surface area contributed by atoms with Crippen LogP contribution in [0.4, 0.5) is 0 Å². The van der Waals surface area contributed by atoms with Crippen LogP contribution in [0.25, 0.3) is 22.0 Å². The zero-order valence-electron chi connectivity index (χ0n) is 16.1. The summed E-state index contributed by atoms with van der Waals surface area (Å²) in [5.41, 5.74) is 1.92. The Morgan fingerprint density at radius 3 is 2.50 bits per heavy atom. The summed E-state index contributed by atoms with van der Waals surface area (Å²) in [4.78, 5) is 12.5. The molecule has 2 aromatic carbocycles. The highest BCUT2D eigenvalue weighted by atomic mass is 32.2. The van der Waals surface area contributed by atoms with Crippen LogP contribution >= 0.6 is 11.8 Å². The number of aromatic nitrogens is 2. The van der Waals surface area contributed by atoms with E-state index < -0.39 is 0 Å². The summed E-state index contributed by atoms with van der Waals surface area (Å²) >= 11 is 1.47. The maximum atomic E-state index is 12.5. The summed E-state index contributed by atoms with van der Waals surface area (Å²) in [6.07, 6.45) is 4.78. The summed E-state index contributed by atoms with van der Waals surface area (Å²) in [7, 11) is 0. The minimum Gasteiger partial charge on any atom is -0.352 e. The largest absolute Gasteiger partial charge is 0.352 e. The fourth-order valence-corrected chi connectivity index (χ4v) is 4.69. The number of amides is 1. The first kappa shape index (κ1) is 18.9. The van der Waals surface area contributed by atoms with Crippen LogP contribution in [0.5, 0.6) is 0 Å². The second kappa shape index (κ2) is 8.74. The van der Waals surface area contributed by atoms with E-state index in [1.165, 1.54) is 31.0 Å². The second-order valence-corrected chi connectivity index (χ2v) is 8.45. The summed E-state index contributed by atoms with van der Waals surface area (Å²) in [6, 6.07) is 18.6. The van der Waals surface area contributed by atoms with Crippen molar-refractivity contribution in [3.05, 3.63) is 54.6 Å². The molecule has 0 bridgehead atoms. The predicted molar refractivity (Wildman–Crippen MR) is 115 cm³/mol. The first-order valence-electron chi connectivity index (χ1n) is 9.95. The lowest BCUT2D eigenvalue weighted by Gasteiger charge is -2.29. The van der Waals surface area contributed by atoms with E-state index in [4.69, 9.17) is 0 Å². The van der Waals surface area contributed by atoms with Gasteiger partial charge in [0, 0.05) is 22.4 Å². The molecule has 28 heavy (non-hydrogen) atoms. The Hall–Kier alpha value is -2.40. The number of rotatable bonds is 5. The SMILES string of the molecule is C[C@@H]1CCCC[C@@H]1NC(=O)CSc1nnc(-c2ccccc2)c2ccccc12. The van der Waals surface area contributed by atoms with Gasteiger partial charge in [0.05, 0.1) is 5.75 Å². The summed E-state index contributed by atoms with van der Waals surface area (Å²) in [5, 5.41) is 15.1. The number of thioether (sulfide) groups is 1. The monoisotopic (exact) mass is 391 g/mol. The van der Waals surface area contributed by atoms with Crippen molar-refractivity contribution in [2.45, 2.75) is 43.7 Å². The maximum absolute atomic E-state index is 12.5. The van der Waals surface area contributed by atoms with Crippen molar-refractivity contribution >= 4 is 28.4 Å². The average molecular weight is 392 g/mol. The molecule has 1 saturated carbocycles. The molecule has 0 radical (unpaired) electrons. The standard InChI is InChI=1S/C23H25N3OS/c1-16-9-5-8-14-20(16)24-21(27)15-28-23-19-13-7-6-12-18(19)22(25-26-23)17-10-3-2-4-11-17/h2-4,6-7,10-13,16,20H,5,8-9,14-15H2,1H3,(H,24,27)/t16-,20+/m1/s1. The molecule has 4 nitrogen and oxygen atoms in total. The number of carbonyl (C=O) groups excluding carboxylic acids is 1. The molecule has 1 aliphatic carbocycles. The van der Waals surface area contributed by atoms with E-state index in [9.17, 15) is 4.79 Å². The number of benzene rings is 2. The fourth-order valence-electron chi connectivity index (χ4n) is 3.91. The average Bonchev–Trinajstić information content (AvgIpc) is 2.74. The third-order valence-electron chi connectivity index (χ3n) is 5.50. The molecule has 0 saturated heterocycles. The highest BCUT2D eigenvalue weighted by Crippen LogP contribution is 2.31. The Balaban J connectivity index is 1.51. The van der Waals surface area contributed by atoms with Crippen molar-refractivity contribution in [3.63, 3.8) is 0 Å². The van der Waals surface area contributed by atoms with Crippen molar-refractivity contribution in [1.29, 1.82) is 0 Å². The molecule has 5 heteroatoms. The van der Waals surface area contributed by atoms with Gasteiger partial charge in [0.2, 0.25) is 5.91 Å². The zero-order valence-corrected chi connectivity index (χ0v) is 16.9. The molecular formula is C23H25N3OS. The summed E-state index contributed by atoms with van der Waals surface area (Å²) < 4.78 is 0. The fraction of sp³-hybridized carbons (Fsp3) is 0.348. The molecule has 1 aliphatic rings. The molecule has 1 N–H and O–H groups in total. The summed E-state index contributed by atoms with van der Waals surface area (Å²) in [6.45, 7) is 2.23. The molecule has 1 heterocycles. The lowest BCUT2D eigenvalue weighted by molar-refractivity contribution is -0.119. The number of hydrogen-bond acceptors (Lipinski definition) is 4. The van der Waals surface area contributed by atoms with E-state index >= 15 is 0 Å². The van der Waals surface area contributed by atoms with Gasteiger partial charge in [-0.15, -0.1) is 10.2 Å². The molecule has 3 aromatic rings. The lowest BCUT2D eigenvalue weighted by Crippen LogP contribution is -2.41. The number of hydrogen-bond donors (Lipinski definition) is 1. The lowest BCUT2D eigenvalue weighted by atomic mass is 9.86. The van der Waals surface area contributed by atoms with Gasteiger partial charge in [0.15, 0.2) is 0 Å². The van der Waals surface area contributed by atoms with Gasteiger partial charge in [-0.05, 0) is 18.8 Å². The minimum absolute atomic E-state index is 0.0850. The normalized spacial score (nSPS) is 19.5. The van der Waals surface area contributed by atoms with Gasteiger partial charge in [-0.3, -0.25) is 4.79 Å². The summed E-state index contributed by atoms with van der Waals surface area (Å²) in [5.74, 6) is 1.02. The van der Waals surface area contributed by atoms with Crippen LogP contribution in [0, 0.1) is 5.92 Å². The van der Waals surface area contributed by atoms with Gasteiger partial charge < -0.3 is 5.32 Å². The number of fused-ring (bicyclic) bond motifs is 1. The van der Waals surface area contributed by atoms with E-state index in [0.717, 1.165) is 33.5 Å². The van der Waals surface area contributed by atoms with E-state index in [1.807, 2.05) is 42.5 Å². The molecule has 0 aliphatic heterocycles. The van der Waals surface area contributed by atoms with Crippen molar-refractivity contribution < 1.29 is 4.79 Å². The molecule has 2 atom stereocenters. The van der Waals surface area contributed by atoms with E-state index in [2.05, 4.69) is 34.6 Å². The van der Waals surface area contributed by atoms with Crippen molar-refractivity contribution in [2.24, 2.45) is 5.92 Å². The van der Waals surface area contributed by atoms with Gasteiger partial charge in [0.1, 0.15) is 10.7 Å². The quantitative estimate of drug-likeness (QED) is 0.616. The van der Waals surface area contributed by atoms with Crippen LogP contribution in [0.1, 0.15) is 32.6 Å². The predicted octanol–water partition coefficient (Wildman–Crippen LogP) is 5.08. The number of nitrogens with one attached hydrogen (secondary N) is 1. The number of carbonyl (C=O) groups is 1. The molecule has 4 rings (SSSR count). The molecule has 1 aromatic heterocycles. The van der Waals surface area contributed by atoms with Crippen LogP contribution in [0.2, 0.25) is 0 Å². The zero-order chi connectivity index (χ0) is 19.3. The van der Waals surface area contributed by atoms with Gasteiger partial charge >= 0.3 is 0 Å². The third kappa shape index (κ3) is 4.20. The topological polar surface area (TPSA) is 54.9 Å². The molecular weight excluding hydrogens is 366 g/mol. The Morgan fingerprint density at radius 2 is 1.71 bits per heavy atom. The molecule has 1 amide bonds. The van der Waals surface area contributed by atoms with E-state index in [1.54, 1.807) is 0 Å². The first-order chi connectivity index (χ1) is 13.7. The van der Waals surface area contributed by atoms with Gasteiger partial charge in [0.25, 0.3) is 0 Å². The van der Waals surface area contributed by atoms with Gasteiger partial charge in [-0.25, -0.2) is 0 Å². The van der Waals surface area contributed by atoms with Crippen LogP contribution in [0.15, 0.2) is 59.6 Å². The molecule has 0 spiro atoms.